The maximum absolute atomic E-state index is 12.7. The third kappa shape index (κ3) is 4.69. The van der Waals surface area contributed by atoms with Crippen LogP contribution in [0, 0.1) is 6.92 Å². The van der Waals surface area contributed by atoms with Crippen molar-refractivity contribution in [1.82, 2.24) is 14.7 Å². The highest BCUT2D eigenvalue weighted by molar-refractivity contribution is 5.94. The molecule has 5 heteroatoms. The molecule has 23 heavy (non-hydrogen) atoms. The molecule has 0 bridgehead atoms. The van der Waals surface area contributed by atoms with Crippen LogP contribution < -0.4 is 0 Å². The molecule has 0 radical (unpaired) electrons. The number of aryl methyl sites for hydroxylation is 1. The number of amides is 1. The summed E-state index contributed by atoms with van der Waals surface area (Å²) in [6, 6.07) is 5.59. The Hall–Kier alpha value is -1.59. The molecule has 1 atom stereocenters. The van der Waals surface area contributed by atoms with E-state index in [9.17, 15) is 9.90 Å². The Morgan fingerprint density at radius 1 is 1.30 bits per heavy atom. The van der Waals surface area contributed by atoms with Crippen LogP contribution in [0.5, 0.6) is 5.75 Å². The van der Waals surface area contributed by atoms with E-state index in [0.29, 0.717) is 11.6 Å². The first-order valence-electron chi connectivity index (χ1n) is 8.32. The summed E-state index contributed by atoms with van der Waals surface area (Å²) < 4.78 is 0. The molecule has 0 aliphatic carbocycles. The van der Waals surface area contributed by atoms with Crippen molar-refractivity contribution in [3.8, 4) is 5.75 Å². The van der Waals surface area contributed by atoms with Gasteiger partial charge >= 0.3 is 0 Å². The number of nitrogens with zero attached hydrogens (tertiary/aromatic N) is 3. The van der Waals surface area contributed by atoms with Crippen molar-refractivity contribution in [2.45, 2.75) is 25.8 Å². The van der Waals surface area contributed by atoms with Crippen molar-refractivity contribution in [2.24, 2.45) is 0 Å². The number of carbonyl (C=O) groups excluding carboxylic acids is 1. The molecule has 1 N–H and O–H groups in total. The quantitative estimate of drug-likeness (QED) is 0.899. The molecule has 128 valence electrons. The Morgan fingerprint density at radius 2 is 2.04 bits per heavy atom. The minimum Gasteiger partial charge on any atom is -0.508 e. The lowest BCUT2D eigenvalue weighted by Crippen LogP contribution is -2.49. The highest BCUT2D eigenvalue weighted by atomic mass is 16.3. The highest BCUT2D eigenvalue weighted by Crippen LogP contribution is 2.21. The predicted octanol–water partition coefficient (Wildman–Crippen LogP) is 1.80. The molecule has 5 nitrogen and oxygen atoms in total. The molecule has 1 aliphatic heterocycles. The maximum atomic E-state index is 12.7. The monoisotopic (exact) mass is 319 g/mol. The van der Waals surface area contributed by atoms with Crippen LogP contribution in [0.3, 0.4) is 0 Å². The Kier molecular flexibility index (Phi) is 6.02. The summed E-state index contributed by atoms with van der Waals surface area (Å²) in [5.74, 6) is 0.207. The third-order valence-corrected chi connectivity index (χ3v) is 4.66. The molecule has 1 aromatic carbocycles. The van der Waals surface area contributed by atoms with Crippen LogP contribution in [-0.4, -0.2) is 79.1 Å². The smallest absolute Gasteiger partial charge is 0.254 e. The van der Waals surface area contributed by atoms with Gasteiger partial charge in [-0.2, -0.15) is 0 Å². The van der Waals surface area contributed by atoms with E-state index in [1.54, 1.807) is 18.2 Å². The first-order chi connectivity index (χ1) is 10.9. The number of piperidine rings is 1. The Bertz CT molecular complexity index is 545. The summed E-state index contributed by atoms with van der Waals surface area (Å²) in [5, 5.41) is 9.83. The van der Waals surface area contributed by atoms with E-state index in [1.807, 2.05) is 11.8 Å². The number of benzene rings is 1. The van der Waals surface area contributed by atoms with E-state index in [4.69, 9.17) is 0 Å². The molecule has 1 aromatic rings. The number of likely N-dealkylation sites (N-methyl/N-ethyl adjacent to an activating group) is 2. The molecule has 1 fully saturated rings. The molecule has 1 aliphatic rings. The summed E-state index contributed by atoms with van der Waals surface area (Å²) in [6.07, 6.45) is 2.16. The molecular weight excluding hydrogens is 290 g/mol. The number of phenolic OH excluding ortho intramolecular Hbond substituents is 1. The van der Waals surface area contributed by atoms with E-state index >= 15 is 0 Å². The van der Waals surface area contributed by atoms with Crippen LogP contribution in [0.4, 0.5) is 0 Å². The van der Waals surface area contributed by atoms with Gasteiger partial charge in [-0.05, 0) is 58.6 Å². The van der Waals surface area contributed by atoms with E-state index in [2.05, 4.69) is 30.9 Å². The first-order valence-corrected chi connectivity index (χ1v) is 8.32. The number of rotatable bonds is 5. The van der Waals surface area contributed by atoms with Crippen LogP contribution in [0.1, 0.15) is 28.8 Å². The zero-order chi connectivity index (χ0) is 17.0. The van der Waals surface area contributed by atoms with Gasteiger partial charge in [-0.15, -0.1) is 0 Å². The second kappa shape index (κ2) is 7.79. The van der Waals surface area contributed by atoms with Gasteiger partial charge in [0, 0.05) is 37.8 Å². The average Bonchev–Trinajstić information content (AvgIpc) is 2.54. The van der Waals surface area contributed by atoms with Crippen molar-refractivity contribution in [2.75, 3.05) is 47.3 Å². The lowest BCUT2D eigenvalue weighted by Gasteiger charge is -2.38. The van der Waals surface area contributed by atoms with Crippen molar-refractivity contribution in [3.63, 3.8) is 0 Å². The molecule has 2 rings (SSSR count). The molecule has 0 saturated carbocycles. The van der Waals surface area contributed by atoms with Crippen molar-refractivity contribution < 1.29 is 9.90 Å². The zero-order valence-electron chi connectivity index (χ0n) is 14.7. The topological polar surface area (TPSA) is 47.0 Å². The minimum atomic E-state index is 0.0195. The lowest BCUT2D eigenvalue weighted by atomic mass is 10.0. The van der Waals surface area contributed by atoms with Crippen molar-refractivity contribution in [3.05, 3.63) is 29.3 Å². The second-order valence-electron chi connectivity index (χ2n) is 6.83. The predicted molar refractivity (Wildman–Crippen MR) is 93.0 cm³/mol. The lowest BCUT2D eigenvalue weighted by molar-refractivity contribution is 0.0603. The number of likely N-dealkylation sites (tertiary alicyclic amines) is 1. The fourth-order valence-corrected chi connectivity index (χ4v) is 2.96. The molecule has 0 aromatic heterocycles. The summed E-state index contributed by atoms with van der Waals surface area (Å²) in [4.78, 5) is 19.1. The van der Waals surface area contributed by atoms with Gasteiger partial charge in [0.15, 0.2) is 0 Å². The van der Waals surface area contributed by atoms with Crippen molar-refractivity contribution >= 4 is 5.91 Å². The Labute approximate surface area is 139 Å². The molecule has 1 unspecified atom stereocenters. The number of hydrogen-bond donors (Lipinski definition) is 1. The highest BCUT2D eigenvalue weighted by Gasteiger charge is 2.27. The average molecular weight is 319 g/mol. The summed E-state index contributed by atoms with van der Waals surface area (Å²) >= 11 is 0. The normalized spacial score (nSPS) is 18.7. The van der Waals surface area contributed by atoms with E-state index in [-0.39, 0.29) is 11.7 Å². The number of phenols is 1. The zero-order valence-corrected chi connectivity index (χ0v) is 14.7. The fraction of sp³-hybridized carbons (Fsp3) is 0.611. The van der Waals surface area contributed by atoms with Crippen molar-refractivity contribution in [1.29, 1.82) is 0 Å². The van der Waals surface area contributed by atoms with Gasteiger partial charge in [0.25, 0.3) is 5.91 Å². The number of carbonyl (C=O) groups is 1. The molecule has 1 amide bonds. The first kappa shape index (κ1) is 17.8. The van der Waals surface area contributed by atoms with Crippen LogP contribution in [0.25, 0.3) is 0 Å². The van der Waals surface area contributed by atoms with Gasteiger partial charge in [0.2, 0.25) is 0 Å². The molecule has 1 saturated heterocycles. The van der Waals surface area contributed by atoms with Gasteiger partial charge < -0.3 is 19.8 Å². The fourth-order valence-electron chi connectivity index (χ4n) is 2.96. The molecule has 1 heterocycles. The van der Waals surface area contributed by atoms with E-state index in [1.165, 1.54) is 0 Å². The Balaban J connectivity index is 1.99. The van der Waals surface area contributed by atoms with Gasteiger partial charge in [-0.1, -0.05) is 6.07 Å². The van der Waals surface area contributed by atoms with Crippen LogP contribution >= 0.6 is 0 Å². The van der Waals surface area contributed by atoms with Gasteiger partial charge in [-0.25, -0.2) is 0 Å². The van der Waals surface area contributed by atoms with E-state index < -0.39 is 0 Å². The molecular formula is C18H29N3O2. The maximum Gasteiger partial charge on any atom is 0.254 e. The SMILES string of the molecule is Cc1ccc(C(=O)N2CCCC(N(C)CCN(C)C)C2)cc1O. The minimum absolute atomic E-state index is 0.0195. The van der Waals surface area contributed by atoms with E-state index in [0.717, 1.165) is 44.6 Å². The summed E-state index contributed by atoms with van der Waals surface area (Å²) in [7, 11) is 6.29. The van der Waals surface area contributed by atoms with Gasteiger partial charge in [0.05, 0.1) is 0 Å². The number of hydrogen-bond acceptors (Lipinski definition) is 4. The second-order valence-corrected chi connectivity index (χ2v) is 6.83. The summed E-state index contributed by atoms with van der Waals surface area (Å²) in [5.41, 5.74) is 1.37. The van der Waals surface area contributed by atoms with Gasteiger partial charge in [0.1, 0.15) is 5.75 Å². The standard InChI is InChI=1S/C18H29N3O2/c1-14-7-8-15(12-17(14)22)18(23)21-9-5-6-16(13-21)20(4)11-10-19(2)3/h7-8,12,16,22H,5-6,9-11,13H2,1-4H3. The number of aromatic hydroxyl groups is 1. The van der Waals surface area contributed by atoms with Crippen LogP contribution in [-0.2, 0) is 0 Å². The molecule has 0 spiro atoms. The summed E-state index contributed by atoms with van der Waals surface area (Å²) in [6.45, 7) is 5.42. The Morgan fingerprint density at radius 3 is 2.70 bits per heavy atom. The third-order valence-electron chi connectivity index (χ3n) is 4.66. The van der Waals surface area contributed by atoms with Gasteiger partial charge in [-0.3, -0.25) is 4.79 Å². The van der Waals surface area contributed by atoms with Crippen LogP contribution in [0.15, 0.2) is 18.2 Å². The largest absolute Gasteiger partial charge is 0.508 e. The van der Waals surface area contributed by atoms with Crippen LogP contribution in [0.2, 0.25) is 0 Å².